The number of amides is 2. The Morgan fingerprint density at radius 2 is 1.75 bits per heavy atom. The Kier molecular flexibility index (Phi) is 8.72. The van der Waals surface area contributed by atoms with Gasteiger partial charge >= 0.3 is 0 Å². The van der Waals surface area contributed by atoms with E-state index >= 15 is 0 Å². The van der Waals surface area contributed by atoms with Crippen LogP contribution in [0.4, 0.5) is 0 Å². The predicted molar refractivity (Wildman–Crippen MR) is 110 cm³/mol. The fourth-order valence-electron chi connectivity index (χ4n) is 2.44. The first kappa shape index (κ1) is 21.2. The average Bonchev–Trinajstić information content (AvgIpc) is 2.67. The lowest BCUT2D eigenvalue weighted by Gasteiger charge is -2.08. The molecule has 6 heteroatoms. The third kappa shape index (κ3) is 8.49. The van der Waals surface area contributed by atoms with Crippen LogP contribution in [0.15, 0.2) is 59.7 Å². The van der Waals surface area contributed by atoms with Crippen LogP contribution in [0.2, 0.25) is 0 Å². The molecule has 0 spiro atoms. The van der Waals surface area contributed by atoms with E-state index in [1.165, 1.54) is 5.56 Å². The number of hydrogen-bond donors (Lipinski definition) is 2. The van der Waals surface area contributed by atoms with Crippen molar-refractivity contribution in [2.45, 2.75) is 26.7 Å². The third-order valence-corrected chi connectivity index (χ3v) is 3.83. The van der Waals surface area contributed by atoms with Gasteiger partial charge in [0.15, 0.2) is 6.61 Å². The van der Waals surface area contributed by atoms with E-state index in [0.717, 1.165) is 12.0 Å². The number of rotatable bonds is 10. The van der Waals surface area contributed by atoms with E-state index in [9.17, 15) is 9.59 Å². The molecular formula is C22H27N3O3. The van der Waals surface area contributed by atoms with Crippen molar-refractivity contribution in [3.63, 3.8) is 0 Å². The van der Waals surface area contributed by atoms with Crippen molar-refractivity contribution in [3.8, 4) is 5.75 Å². The molecule has 0 bridgehead atoms. The van der Waals surface area contributed by atoms with Crippen molar-refractivity contribution in [2.24, 2.45) is 11.0 Å². The summed E-state index contributed by atoms with van der Waals surface area (Å²) in [6, 6.07) is 17.1. The van der Waals surface area contributed by atoms with Gasteiger partial charge in [0, 0.05) is 13.0 Å². The standard InChI is InChI=1S/C22H27N3O3/c1-17(2)14-21(26)25-24-15-19-8-10-20(11-9-19)28-16-22(27)23-13-12-18-6-4-3-5-7-18/h3-11,15,17H,12-14,16H2,1-2H3,(H,23,27)(H,25,26)/b24-15-. The Bertz CT molecular complexity index is 771. The Hall–Kier alpha value is -3.15. The van der Waals surface area contributed by atoms with Crippen LogP contribution in [0.3, 0.4) is 0 Å². The zero-order valence-electron chi connectivity index (χ0n) is 16.4. The van der Waals surface area contributed by atoms with Crippen molar-refractivity contribution in [3.05, 3.63) is 65.7 Å². The molecule has 0 radical (unpaired) electrons. The maximum absolute atomic E-state index is 11.9. The van der Waals surface area contributed by atoms with E-state index in [-0.39, 0.29) is 18.4 Å². The highest BCUT2D eigenvalue weighted by Crippen LogP contribution is 2.11. The SMILES string of the molecule is CC(C)CC(=O)N/N=C\c1ccc(OCC(=O)NCCc2ccccc2)cc1. The lowest BCUT2D eigenvalue weighted by atomic mass is 10.1. The topological polar surface area (TPSA) is 79.8 Å². The van der Waals surface area contributed by atoms with Gasteiger partial charge in [-0.3, -0.25) is 9.59 Å². The normalized spacial score (nSPS) is 10.8. The average molecular weight is 381 g/mol. The molecule has 6 nitrogen and oxygen atoms in total. The van der Waals surface area contributed by atoms with Gasteiger partial charge in [0.1, 0.15) is 5.75 Å². The van der Waals surface area contributed by atoms with Crippen molar-refractivity contribution < 1.29 is 14.3 Å². The molecule has 0 saturated carbocycles. The molecule has 2 N–H and O–H groups in total. The highest BCUT2D eigenvalue weighted by molar-refractivity contribution is 5.82. The number of benzene rings is 2. The number of ether oxygens (including phenoxy) is 1. The number of hydrazone groups is 1. The molecule has 0 aliphatic rings. The first-order valence-corrected chi connectivity index (χ1v) is 9.38. The minimum absolute atomic E-state index is 0.0342. The molecule has 2 aromatic carbocycles. The van der Waals surface area contributed by atoms with Gasteiger partial charge in [0.05, 0.1) is 6.21 Å². The van der Waals surface area contributed by atoms with Crippen LogP contribution >= 0.6 is 0 Å². The summed E-state index contributed by atoms with van der Waals surface area (Å²) < 4.78 is 5.49. The van der Waals surface area contributed by atoms with Crippen LogP contribution in [0.1, 0.15) is 31.4 Å². The summed E-state index contributed by atoms with van der Waals surface area (Å²) in [7, 11) is 0. The summed E-state index contributed by atoms with van der Waals surface area (Å²) in [5.41, 5.74) is 4.50. The number of nitrogens with zero attached hydrogens (tertiary/aromatic N) is 1. The molecule has 0 fully saturated rings. The van der Waals surface area contributed by atoms with Crippen LogP contribution in [0.5, 0.6) is 5.75 Å². The summed E-state index contributed by atoms with van der Waals surface area (Å²) in [6.07, 6.45) is 2.80. The summed E-state index contributed by atoms with van der Waals surface area (Å²) in [4.78, 5) is 23.4. The fourth-order valence-corrected chi connectivity index (χ4v) is 2.44. The first-order chi connectivity index (χ1) is 13.5. The molecule has 0 heterocycles. The minimum Gasteiger partial charge on any atom is -0.484 e. The molecule has 2 rings (SSSR count). The van der Waals surface area contributed by atoms with Crippen molar-refractivity contribution in [1.29, 1.82) is 0 Å². The lowest BCUT2D eigenvalue weighted by molar-refractivity contribution is -0.123. The fraction of sp³-hybridized carbons (Fsp3) is 0.318. The number of carbonyl (C=O) groups is 2. The van der Waals surface area contributed by atoms with Gasteiger partial charge in [-0.25, -0.2) is 5.43 Å². The highest BCUT2D eigenvalue weighted by Gasteiger charge is 2.04. The lowest BCUT2D eigenvalue weighted by Crippen LogP contribution is -2.30. The largest absolute Gasteiger partial charge is 0.484 e. The minimum atomic E-state index is -0.158. The van der Waals surface area contributed by atoms with E-state index in [1.54, 1.807) is 30.5 Å². The molecule has 148 valence electrons. The second-order valence-electron chi connectivity index (χ2n) is 6.83. The maximum Gasteiger partial charge on any atom is 0.257 e. The second-order valence-corrected chi connectivity index (χ2v) is 6.83. The Labute approximate surface area is 166 Å². The van der Waals surface area contributed by atoms with E-state index < -0.39 is 0 Å². The van der Waals surface area contributed by atoms with Crippen LogP contribution in [-0.4, -0.2) is 31.2 Å². The summed E-state index contributed by atoms with van der Waals surface area (Å²) in [6.45, 7) is 4.49. The maximum atomic E-state index is 11.9. The van der Waals surface area contributed by atoms with Gasteiger partial charge in [-0.15, -0.1) is 0 Å². The van der Waals surface area contributed by atoms with Gasteiger partial charge in [-0.2, -0.15) is 5.10 Å². The summed E-state index contributed by atoms with van der Waals surface area (Å²) in [5, 5.41) is 6.77. The molecule has 2 amide bonds. The first-order valence-electron chi connectivity index (χ1n) is 9.38. The quantitative estimate of drug-likeness (QED) is 0.491. The van der Waals surface area contributed by atoms with Gasteiger partial charge in [-0.1, -0.05) is 44.2 Å². The Morgan fingerprint density at radius 1 is 1.04 bits per heavy atom. The molecule has 0 atom stereocenters. The van der Waals surface area contributed by atoms with Crippen LogP contribution in [-0.2, 0) is 16.0 Å². The third-order valence-electron chi connectivity index (χ3n) is 3.83. The summed E-state index contributed by atoms with van der Waals surface area (Å²) >= 11 is 0. The van der Waals surface area contributed by atoms with Crippen molar-refractivity contribution >= 4 is 18.0 Å². The predicted octanol–water partition coefficient (Wildman–Crippen LogP) is 2.92. The van der Waals surface area contributed by atoms with Crippen LogP contribution in [0.25, 0.3) is 0 Å². The monoisotopic (exact) mass is 381 g/mol. The Balaban J connectivity index is 1.67. The molecule has 0 aliphatic heterocycles. The zero-order valence-corrected chi connectivity index (χ0v) is 16.4. The van der Waals surface area contributed by atoms with E-state index in [1.807, 2.05) is 44.2 Å². The van der Waals surface area contributed by atoms with Gasteiger partial charge < -0.3 is 10.1 Å². The zero-order chi connectivity index (χ0) is 20.2. The van der Waals surface area contributed by atoms with Crippen LogP contribution in [0, 0.1) is 5.92 Å². The van der Waals surface area contributed by atoms with Crippen molar-refractivity contribution in [1.82, 2.24) is 10.7 Å². The molecule has 28 heavy (non-hydrogen) atoms. The Morgan fingerprint density at radius 3 is 2.43 bits per heavy atom. The van der Waals surface area contributed by atoms with Gasteiger partial charge in [-0.05, 0) is 47.7 Å². The second kappa shape index (κ2) is 11.5. The number of nitrogens with one attached hydrogen (secondary N) is 2. The van der Waals surface area contributed by atoms with E-state index in [2.05, 4.69) is 15.8 Å². The molecular weight excluding hydrogens is 354 g/mol. The molecule has 0 unspecified atom stereocenters. The highest BCUT2D eigenvalue weighted by atomic mass is 16.5. The molecule has 0 aromatic heterocycles. The van der Waals surface area contributed by atoms with E-state index in [0.29, 0.717) is 24.6 Å². The number of hydrogen-bond acceptors (Lipinski definition) is 4. The van der Waals surface area contributed by atoms with Gasteiger partial charge in [0.2, 0.25) is 5.91 Å². The molecule has 0 saturated heterocycles. The smallest absolute Gasteiger partial charge is 0.257 e. The number of carbonyl (C=O) groups excluding carboxylic acids is 2. The van der Waals surface area contributed by atoms with Crippen LogP contribution < -0.4 is 15.5 Å². The van der Waals surface area contributed by atoms with E-state index in [4.69, 9.17) is 4.74 Å². The molecule has 2 aromatic rings. The van der Waals surface area contributed by atoms with Gasteiger partial charge in [0.25, 0.3) is 5.91 Å². The van der Waals surface area contributed by atoms with Crippen molar-refractivity contribution in [2.75, 3.05) is 13.2 Å². The summed E-state index contributed by atoms with van der Waals surface area (Å²) in [5.74, 6) is 0.625. The molecule has 0 aliphatic carbocycles.